The molecule has 1 aromatic heterocycles. The summed E-state index contributed by atoms with van der Waals surface area (Å²) in [6.45, 7) is 4.82. The first kappa shape index (κ1) is 12.7. The highest BCUT2D eigenvalue weighted by atomic mass is 32.2. The standard InChI is InChI=1S/C9H13NO5S/c1-4-15-9(11)7-5(2)8(10-6(7)3)16(12,13)14/h10H,4H2,1-3H3,(H,12,13,14). The molecule has 0 saturated carbocycles. The molecule has 2 N–H and O–H groups in total. The van der Waals surface area contributed by atoms with E-state index in [1.807, 2.05) is 0 Å². The van der Waals surface area contributed by atoms with Crippen LogP contribution < -0.4 is 0 Å². The molecule has 7 heteroatoms. The third-order valence-electron chi connectivity index (χ3n) is 2.13. The van der Waals surface area contributed by atoms with Gasteiger partial charge in [-0.3, -0.25) is 4.55 Å². The van der Waals surface area contributed by atoms with E-state index in [1.165, 1.54) is 13.8 Å². The van der Waals surface area contributed by atoms with Crippen molar-refractivity contribution in [3.63, 3.8) is 0 Å². The largest absolute Gasteiger partial charge is 0.462 e. The molecule has 0 atom stereocenters. The highest BCUT2D eigenvalue weighted by Crippen LogP contribution is 2.22. The van der Waals surface area contributed by atoms with Crippen LogP contribution >= 0.6 is 0 Å². The molecular weight excluding hydrogens is 234 g/mol. The summed E-state index contributed by atoms with van der Waals surface area (Å²) in [6.07, 6.45) is 0. The van der Waals surface area contributed by atoms with Crippen LogP contribution in [-0.4, -0.2) is 30.5 Å². The van der Waals surface area contributed by atoms with Crippen molar-refractivity contribution in [1.29, 1.82) is 0 Å². The third kappa shape index (κ3) is 2.25. The van der Waals surface area contributed by atoms with E-state index in [0.29, 0.717) is 5.69 Å². The molecule has 1 aromatic rings. The van der Waals surface area contributed by atoms with E-state index in [9.17, 15) is 13.2 Å². The Hall–Kier alpha value is -1.34. The van der Waals surface area contributed by atoms with Crippen LogP contribution in [0.1, 0.15) is 28.5 Å². The van der Waals surface area contributed by atoms with Gasteiger partial charge in [0.15, 0.2) is 5.03 Å². The molecule has 16 heavy (non-hydrogen) atoms. The minimum atomic E-state index is -4.35. The van der Waals surface area contributed by atoms with Crippen LogP contribution in [0.2, 0.25) is 0 Å². The molecule has 0 aliphatic rings. The van der Waals surface area contributed by atoms with E-state index in [2.05, 4.69) is 4.98 Å². The van der Waals surface area contributed by atoms with Crippen molar-refractivity contribution in [2.75, 3.05) is 6.61 Å². The summed E-state index contributed by atoms with van der Waals surface area (Å²) in [5.74, 6) is -0.608. The monoisotopic (exact) mass is 247 g/mol. The van der Waals surface area contributed by atoms with Gasteiger partial charge in [0, 0.05) is 11.3 Å². The lowest BCUT2D eigenvalue weighted by atomic mass is 10.2. The van der Waals surface area contributed by atoms with Gasteiger partial charge in [-0.05, 0) is 20.8 Å². The number of nitrogens with one attached hydrogen (secondary N) is 1. The van der Waals surface area contributed by atoms with Crippen LogP contribution in [0.5, 0.6) is 0 Å². The molecule has 1 rings (SSSR count). The fourth-order valence-electron chi connectivity index (χ4n) is 1.49. The second-order valence-corrected chi connectivity index (χ2v) is 4.63. The Labute approximate surface area is 93.4 Å². The van der Waals surface area contributed by atoms with E-state index in [-0.39, 0.29) is 22.8 Å². The van der Waals surface area contributed by atoms with Crippen LogP contribution in [-0.2, 0) is 14.9 Å². The Morgan fingerprint density at radius 2 is 2.00 bits per heavy atom. The van der Waals surface area contributed by atoms with Crippen molar-refractivity contribution >= 4 is 16.1 Å². The average molecular weight is 247 g/mol. The first-order valence-corrected chi connectivity index (χ1v) is 6.06. The molecule has 0 radical (unpaired) electrons. The van der Waals surface area contributed by atoms with Crippen LogP contribution in [0.25, 0.3) is 0 Å². The molecular formula is C9H13NO5S. The molecule has 0 saturated heterocycles. The Balaban J connectivity index is 3.34. The van der Waals surface area contributed by atoms with Crippen molar-refractivity contribution in [3.05, 3.63) is 16.8 Å². The summed E-state index contributed by atoms with van der Waals surface area (Å²) < 4.78 is 35.6. The molecule has 6 nitrogen and oxygen atoms in total. The van der Waals surface area contributed by atoms with E-state index >= 15 is 0 Å². The lowest BCUT2D eigenvalue weighted by Crippen LogP contribution is -2.07. The number of aryl methyl sites for hydroxylation is 1. The lowest BCUT2D eigenvalue weighted by molar-refractivity contribution is 0.0525. The van der Waals surface area contributed by atoms with Gasteiger partial charge < -0.3 is 9.72 Å². The molecule has 0 aliphatic carbocycles. The van der Waals surface area contributed by atoms with Crippen molar-refractivity contribution in [1.82, 2.24) is 4.98 Å². The van der Waals surface area contributed by atoms with Gasteiger partial charge in [-0.1, -0.05) is 0 Å². The summed E-state index contributed by atoms with van der Waals surface area (Å²) in [4.78, 5) is 14.0. The zero-order valence-corrected chi connectivity index (χ0v) is 10.0. The number of esters is 1. The number of ether oxygens (including phenoxy) is 1. The van der Waals surface area contributed by atoms with Gasteiger partial charge in [-0.2, -0.15) is 8.42 Å². The SMILES string of the molecule is CCOC(=O)c1c(C)[nH]c(S(=O)(=O)O)c1C. The summed E-state index contributed by atoms with van der Waals surface area (Å²) in [6, 6.07) is 0. The Bertz CT molecular complexity index is 514. The number of carbonyl (C=O) groups is 1. The van der Waals surface area contributed by atoms with E-state index in [4.69, 9.17) is 9.29 Å². The number of rotatable bonds is 3. The smallest absolute Gasteiger partial charge is 0.340 e. The average Bonchev–Trinajstić information content (AvgIpc) is 2.41. The summed E-state index contributed by atoms with van der Waals surface area (Å²) in [5.41, 5.74) is 0.663. The Morgan fingerprint density at radius 1 is 1.44 bits per heavy atom. The Morgan fingerprint density at radius 3 is 2.38 bits per heavy atom. The molecule has 0 aromatic carbocycles. The molecule has 90 valence electrons. The third-order valence-corrected chi connectivity index (χ3v) is 3.05. The maximum Gasteiger partial charge on any atom is 0.340 e. The normalized spacial score (nSPS) is 11.5. The number of aromatic nitrogens is 1. The molecule has 0 spiro atoms. The van der Waals surface area contributed by atoms with Gasteiger partial charge >= 0.3 is 16.1 Å². The van der Waals surface area contributed by atoms with Crippen molar-refractivity contribution in [2.24, 2.45) is 0 Å². The minimum absolute atomic E-state index is 0.148. The number of carbonyl (C=O) groups excluding carboxylic acids is 1. The minimum Gasteiger partial charge on any atom is -0.462 e. The number of hydrogen-bond donors (Lipinski definition) is 2. The predicted octanol–water partition coefficient (Wildman–Crippen LogP) is 1.05. The molecule has 0 fully saturated rings. The van der Waals surface area contributed by atoms with Gasteiger partial charge in [-0.15, -0.1) is 0 Å². The number of hydrogen-bond acceptors (Lipinski definition) is 4. The van der Waals surface area contributed by atoms with Crippen molar-refractivity contribution in [2.45, 2.75) is 25.8 Å². The summed E-state index contributed by atoms with van der Waals surface area (Å²) >= 11 is 0. The second kappa shape index (κ2) is 4.26. The quantitative estimate of drug-likeness (QED) is 0.614. The lowest BCUT2D eigenvalue weighted by Gasteiger charge is -2.01. The fourth-order valence-corrected chi connectivity index (χ4v) is 2.26. The van der Waals surface area contributed by atoms with Gasteiger partial charge in [0.2, 0.25) is 0 Å². The summed E-state index contributed by atoms with van der Waals surface area (Å²) in [7, 11) is -4.35. The predicted molar refractivity (Wildman–Crippen MR) is 56.0 cm³/mol. The fraction of sp³-hybridized carbons (Fsp3) is 0.444. The maximum atomic E-state index is 11.5. The second-order valence-electron chi connectivity index (χ2n) is 3.27. The van der Waals surface area contributed by atoms with Gasteiger partial charge in [0.05, 0.1) is 12.2 Å². The van der Waals surface area contributed by atoms with Gasteiger partial charge in [-0.25, -0.2) is 4.79 Å². The molecule has 0 unspecified atom stereocenters. The highest BCUT2D eigenvalue weighted by molar-refractivity contribution is 7.85. The number of aromatic amines is 1. The Kier molecular flexibility index (Phi) is 3.39. The summed E-state index contributed by atoms with van der Waals surface area (Å²) in [5, 5.41) is -0.368. The number of H-pyrrole nitrogens is 1. The van der Waals surface area contributed by atoms with Gasteiger partial charge in [0.1, 0.15) is 0 Å². The topological polar surface area (TPSA) is 96.5 Å². The van der Waals surface area contributed by atoms with Gasteiger partial charge in [0.25, 0.3) is 0 Å². The van der Waals surface area contributed by atoms with Crippen molar-refractivity contribution in [3.8, 4) is 0 Å². The van der Waals surface area contributed by atoms with Crippen LogP contribution in [0.15, 0.2) is 5.03 Å². The molecule has 0 amide bonds. The first-order chi connectivity index (χ1) is 7.29. The van der Waals surface area contributed by atoms with Crippen LogP contribution in [0, 0.1) is 13.8 Å². The maximum absolute atomic E-state index is 11.5. The van der Waals surface area contributed by atoms with Crippen LogP contribution in [0.4, 0.5) is 0 Å². The van der Waals surface area contributed by atoms with Crippen LogP contribution in [0.3, 0.4) is 0 Å². The zero-order chi connectivity index (χ0) is 12.5. The molecule has 1 heterocycles. The zero-order valence-electron chi connectivity index (χ0n) is 9.20. The van der Waals surface area contributed by atoms with E-state index < -0.39 is 16.1 Å². The van der Waals surface area contributed by atoms with E-state index in [0.717, 1.165) is 0 Å². The highest BCUT2D eigenvalue weighted by Gasteiger charge is 2.24. The molecule has 0 aliphatic heterocycles. The molecule has 0 bridgehead atoms. The van der Waals surface area contributed by atoms with E-state index in [1.54, 1.807) is 6.92 Å². The van der Waals surface area contributed by atoms with Crippen molar-refractivity contribution < 1.29 is 22.5 Å². The first-order valence-electron chi connectivity index (χ1n) is 4.62.